The van der Waals surface area contributed by atoms with Crippen molar-refractivity contribution in [3.05, 3.63) is 0 Å². The van der Waals surface area contributed by atoms with Crippen LogP contribution in [0, 0.1) is 0 Å². The number of hydrogen-bond acceptors (Lipinski definition) is 1. The molecule has 1 N–H and O–H groups in total. The molecule has 3 fully saturated rings. The van der Waals surface area contributed by atoms with E-state index < -0.39 is 0 Å². The fourth-order valence-electron chi connectivity index (χ4n) is 4.67. The molecule has 0 atom stereocenters. The molecule has 0 aliphatic heterocycles. The number of carbonyl (C=O) groups excluding carboxylic acids is 1. The van der Waals surface area contributed by atoms with Crippen molar-refractivity contribution in [2.45, 2.75) is 108 Å². The van der Waals surface area contributed by atoms with Crippen LogP contribution in [0.2, 0.25) is 0 Å². The molecule has 0 saturated heterocycles. The first kappa shape index (κ1) is 15.2. The fourth-order valence-corrected chi connectivity index (χ4v) is 4.67. The third kappa shape index (κ3) is 3.92. The van der Waals surface area contributed by atoms with Crippen LogP contribution in [-0.4, -0.2) is 29.1 Å². The number of nitrogens with zero attached hydrogens (tertiary/aromatic N) is 1. The zero-order valence-corrected chi connectivity index (χ0v) is 13.5. The van der Waals surface area contributed by atoms with Gasteiger partial charge in [0.05, 0.1) is 0 Å². The lowest BCUT2D eigenvalue weighted by Gasteiger charge is -2.42. The highest BCUT2D eigenvalue weighted by atomic mass is 16.2. The lowest BCUT2D eigenvalue weighted by Crippen LogP contribution is -2.54. The Morgan fingerprint density at radius 2 is 1.10 bits per heavy atom. The molecule has 3 rings (SSSR count). The monoisotopic (exact) mass is 292 g/mol. The van der Waals surface area contributed by atoms with Crippen molar-refractivity contribution >= 4 is 6.03 Å². The molecule has 0 bridgehead atoms. The Hall–Kier alpha value is -0.730. The van der Waals surface area contributed by atoms with Crippen LogP contribution in [0.3, 0.4) is 0 Å². The third-order valence-corrected chi connectivity index (χ3v) is 5.85. The van der Waals surface area contributed by atoms with Crippen molar-refractivity contribution in [1.82, 2.24) is 10.2 Å². The summed E-state index contributed by atoms with van der Waals surface area (Å²) in [6, 6.07) is 1.75. The van der Waals surface area contributed by atoms with Crippen LogP contribution in [0.1, 0.15) is 89.9 Å². The van der Waals surface area contributed by atoms with E-state index >= 15 is 0 Å². The van der Waals surface area contributed by atoms with E-state index in [1.807, 2.05) is 0 Å². The second kappa shape index (κ2) is 7.51. The van der Waals surface area contributed by atoms with Crippen LogP contribution in [0.4, 0.5) is 4.79 Å². The Labute approximate surface area is 129 Å². The molecule has 0 aromatic carbocycles. The zero-order valence-electron chi connectivity index (χ0n) is 13.5. The molecular weight excluding hydrogens is 260 g/mol. The molecule has 0 aromatic heterocycles. The van der Waals surface area contributed by atoms with Gasteiger partial charge >= 0.3 is 6.03 Å². The lowest BCUT2D eigenvalue weighted by molar-refractivity contribution is 0.103. The van der Waals surface area contributed by atoms with Gasteiger partial charge in [-0.25, -0.2) is 4.79 Å². The van der Waals surface area contributed by atoms with Gasteiger partial charge in [0.25, 0.3) is 0 Å². The topological polar surface area (TPSA) is 32.3 Å². The minimum Gasteiger partial charge on any atom is -0.335 e. The summed E-state index contributed by atoms with van der Waals surface area (Å²) < 4.78 is 0. The van der Waals surface area contributed by atoms with Gasteiger partial charge in [0.2, 0.25) is 0 Å². The van der Waals surface area contributed by atoms with E-state index in [2.05, 4.69) is 10.2 Å². The summed E-state index contributed by atoms with van der Waals surface area (Å²) in [6.45, 7) is 0. The summed E-state index contributed by atoms with van der Waals surface area (Å²) >= 11 is 0. The number of carbonyl (C=O) groups is 1. The van der Waals surface area contributed by atoms with Crippen LogP contribution in [0.15, 0.2) is 0 Å². The van der Waals surface area contributed by atoms with Crippen molar-refractivity contribution < 1.29 is 4.79 Å². The number of urea groups is 1. The summed E-state index contributed by atoms with van der Waals surface area (Å²) in [4.78, 5) is 15.2. The summed E-state index contributed by atoms with van der Waals surface area (Å²) in [6.07, 6.45) is 17.8. The summed E-state index contributed by atoms with van der Waals surface area (Å²) in [5, 5.41) is 3.36. The van der Waals surface area contributed by atoms with Gasteiger partial charge in [-0.05, 0) is 38.5 Å². The van der Waals surface area contributed by atoms with E-state index in [1.165, 1.54) is 89.9 Å². The molecule has 0 spiro atoms. The van der Waals surface area contributed by atoms with E-state index in [0.29, 0.717) is 18.1 Å². The van der Waals surface area contributed by atoms with E-state index in [-0.39, 0.29) is 6.03 Å². The number of amides is 2. The fraction of sp³-hybridized carbons (Fsp3) is 0.944. The van der Waals surface area contributed by atoms with E-state index in [1.54, 1.807) is 0 Å². The van der Waals surface area contributed by atoms with Crippen molar-refractivity contribution in [3.8, 4) is 0 Å². The average molecular weight is 292 g/mol. The van der Waals surface area contributed by atoms with E-state index in [4.69, 9.17) is 0 Å². The van der Waals surface area contributed by atoms with Gasteiger partial charge in [0.15, 0.2) is 0 Å². The maximum absolute atomic E-state index is 12.9. The Morgan fingerprint density at radius 3 is 1.57 bits per heavy atom. The quantitative estimate of drug-likeness (QED) is 0.809. The molecule has 0 heterocycles. The number of nitrogens with one attached hydrogen (secondary N) is 1. The van der Waals surface area contributed by atoms with E-state index in [9.17, 15) is 4.79 Å². The Bertz CT molecular complexity index is 308. The van der Waals surface area contributed by atoms with Gasteiger partial charge in [-0.2, -0.15) is 0 Å². The molecular formula is C18H32N2O. The first-order valence-electron chi connectivity index (χ1n) is 9.43. The first-order valence-corrected chi connectivity index (χ1v) is 9.43. The Balaban J connectivity index is 1.65. The normalized spacial score (nSPS) is 25.9. The molecule has 3 aliphatic carbocycles. The molecule has 0 unspecified atom stereocenters. The molecule has 3 saturated carbocycles. The van der Waals surface area contributed by atoms with Crippen molar-refractivity contribution in [1.29, 1.82) is 0 Å². The smallest absolute Gasteiger partial charge is 0.318 e. The minimum atomic E-state index is 0.265. The summed E-state index contributed by atoms with van der Waals surface area (Å²) in [5.41, 5.74) is 0. The molecule has 0 aromatic rings. The maximum atomic E-state index is 12.9. The Morgan fingerprint density at radius 1 is 0.667 bits per heavy atom. The standard InChI is InChI=1S/C18H32N2O/c21-18(19-15-9-7-8-10-15)20(16-11-3-1-4-12-16)17-13-5-2-6-14-17/h15-17H,1-14H2,(H,19,21). The second-order valence-electron chi connectivity index (χ2n) is 7.42. The Kier molecular flexibility index (Phi) is 5.43. The third-order valence-electron chi connectivity index (χ3n) is 5.85. The van der Waals surface area contributed by atoms with Gasteiger partial charge in [-0.15, -0.1) is 0 Å². The highest BCUT2D eigenvalue weighted by Gasteiger charge is 2.33. The molecule has 2 amide bonds. The molecule has 3 heteroatoms. The molecule has 3 aliphatic rings. The van der Waals surface area contributed by atoms with Crippen LogP contribution >= 0.6 is 0 Å². The minimum absolute atomic E-state index is 0.265. The molecule has 0 radical (unpaired) electrons. The van der Waals surface area contributed by atoms with Crippen LogP contribution in [-0.2, 0) is 0 Å². The van der Waals surface area contributed by atoms with Crippen molar-refractivity contribution in [2.24, 2.45) is 0 Å². The number of rotatable bonds is 3. The van der Waals surface area contributed by atoms with Crippen LogP contribution in [0.5, 0.6) is 0 Å². The number of hydrogen-bond donors (Lipinski definition) is 1. The van der Waals surface area contributed by atoms with Gasteiger partial charge in [0.1, 0.15) is 0 Å². The zero-order chi connectivity index (χ0) is 14.5. The van der Waals surface area contributed by atoms with Crippen LogP contribution < -0.4 is 5.32 Å². The molecule has 21 heavy (non-hydrogen) atoms. The van der Waals surface area contributed by atoms with Gasteiger partial charge < -0.3 is 10.2 Å². The highest BCUT2D eigenvalue weighted by Crippen LogP contribution is 2.30. The highest BCUT2D eigenvalue weighted by molar-refractivity contribution is 5.75. The van der Waals surface area contributed by atoms with Crippen molar-refractivity contribution in [3.63, 3.8) is 0 Å². The van der Waals surface area contributed by atoms with E-state index in [0.717, 1.165) is 0 Å². The van der Waals surface area contributed by atoms with Gasteiger partial charge in [-0.1, -0.05) is 51.4 Å². The average Bonchev–Trinajstić information content (AvgIpc) is 3.02. The van der Waals surface area contributed by atoms with Gasteiger partial charge in [-0.3, -0.25) is 0 Å². The predicted molar refractivity (Wildman–Crippen MR) is 86.4 cm³/mol. The van der Waals surface area contributed by atoms with Gasteiger partial charge in [0, 0.05) is 18.1 Å². The predicted octanol–water partition coefficient (Wildman–Crippen LogP) is 4.61. The SMILES string of the molecule is O=C(NC1CCCC1)N(C1CCCCC1)C1CCCCC1. The summed E-state index contributed by atoms with van der Waals surface area (Å²) in [7, 11) is 0. The maximum Gasteiger partial charge on any atom is 0.318 e. The molecule has 3 nitrogen and oxygen atoms in total. The first-order chi connectivity index (χ1) is 10.3. The second-order valence-corrected chi connectivity index (χ2v) is 7.42. The van der Waals surface area contributed by atoms with Crippen LogP contribution in [0.25, 0.3) is 0 Å². The molecule has 120 valence electrons. The largest absolute Gasteiger partial charge is 0.335 e. The van der Waals surface area contributed by atoms with Crippen molar-refractivity contribution in [2.75, 3.05) is 0 Å². The summed E-state index contributed by atoms with van der Waals surface area (Å²) in [5.74, 6) is 0. The lowest BCUT2D eigenvalue weighted by atomic mass is 9.89.